The summed E-state index contributed by atoms with van der Waals surface area (Å²) >= 11 is 15.5. The van der Waals surface area contributed by atoms with E-state index in [0.29, 0.717) is 15.7 Å². The number of rotatable bonds is 4. The Hall–Kier alpha value is -1.91. The normalized spacial score (nSPS) is 16.3. The lowest BCUT2D eigenvalue weighted by Gasteiger charge is -2.16. The zero-order chi connectivity index (χ0) is 20.9. The van der Waals surface area contributed by atoms with E-state index in [9.17, 15) is 17.8 Å². The standard InChI is InChI=1S/C18H12BrCl2N3O4S/c19-11-3-1-10(2-4-11)5-15-17(25)23(14-7-12(20)6-13(21)8-14)18-22-9-16(24(15)18)29(26,27)28/h1-4,6-9,15H,5H2,(H,26,27,28). The summed E-state index contributed by atoms with van der Waals surface area (Å²) in [5.74, 6) is -0.359. The highest BCUT2D eigenvalue weighted by atomic mass is 79.9. The smallest absolute Gasteiger partial charge is 0.286 e. The number of nitrogens with zero attached hydrogens (tertiary/aromatic N) is 3. The summed E-state index contributed by atoms with van der Waals surface area (Å²) in [6.45, 7) is 0. The van der Waals surface area contributed by atoms with Crippen molar-refractivity contribution in [2.45, 2.75) is 17.5 Å². The molecule has 1 aliphatic rings. The maximum Gasteiger partial charge on any atom is 0.312 e. The van der Waals surface area contributed by atoms with Crippen molar-refractivity contribution in [2.75, 3.05) is 4.90 Å². The summed E-state index contributed by atoms with van der Waals surface area (Å²) in [7, 11) is -4.60. The zero-order valence-electron chi connectivity index (χ0n) is 14.5. The highest BCUT2D eigenvalue weighted by Gasteiger charge is 2.43. The number of amides is 1. The maximum atomic E-state index is 13.3. The summed E-state index contributed by atoms with van der Waals surface area (Å²) in [4.78, 5) is 18.6. The molecule has 0 saturated heterocycles. The molecule has 1 aliphatic heterocycles. The number of anilines is 2. The molecule has 1 unspecified atom stereocenters. The molecule has 0 fully saturated rings. The number of hydrogen-bond acceptors (Lipinski definition) is 4. The molecule has 3 aromatic rings. The van der Waals surface area contributed by atoms with Crippen LogP contribution in [0.1, 0.15) is 11.6 Å². The van der Waals surface area contributed by atoms with Gasteiger partial charge in [0.2, 0.25) is 5.95 Å². The third-order valence-corrected chi connectivity index (χ3v) is 6.27. The highest BCUT2D eigenvalue weighted by Crippen LogP contribution is 2.41. The lowest BCUT2D eigenvalue weighted by molar-refractivity contribution is -0.119. The van der Waals surface area contributed by atoms with Crippen molar-refractivity contribution in [3.05, 3.63) is 68.7 Å². The first-order chi connectivity index (χ1) is 13.6. The number of aromatic nitrogens is 2. The van der Waals surface area contributed by atoms with Crippen LogP contribution in [0.2, 0.25) is 10.0 Å². The second-order valence-electron chi connectivity index (χ2n) is 6.39. The van der Waals surface area contributed by atoms with Gasteiger partial charge in [0.1, 0.15) is 6.04 Å². The van der Waals surface area contributed by atoms with Crippen LogP contribution in [-0.2, 0) is 21.3 Å². The molecule has 0 saturated carbocycles. The van der Waals surface area contributed by atoms with Crippen LogP contribution in [0.15, 0.2) is 58.2 Å². The van der Waals surface area contributed by atoms with Crippen LogP contribution >= 0.6 is 39.1 Å². The molecular formula is C18H12BrCl2N3O4S. The minimum atomic E-state index is -4.60. The predicted octanol–water partition coefficient (Wildman–Crippen LogP) is 4.66. The van der Waals surface area contributed by atoms with Gasteiger partial charge < -0.3 is 0 Å². The van der Waals surface area contributed by atoms with Gasteiger partial charge in [0, 0.05) is 20.9 Å². The van der Waals surface area contributed by atoms with Crippen LogP contribution < -0.4 is 4.90 Å². The Kier molecular flexibility index (Phi) is 5.20. The van der Waals surface area contributed by atoms with Gasteiger partial charge in [-0.2, -0.15) is 8.42 Å². The number of carbonyl (C=O) groups excluding carboxylic acids is 1. The molecule has 1 N–H and O–H groups in total. The van der Waals surface area contributed by atoms with Crippen LogP contribution in [0.5, 0.6) is 0 Å². The molecule has 4 rings (SSSR count). The molecular weight excluding hydrogens is 505 g/mol. The fourth-order valence-corrected chi connectivity index (χ4v) is 4.70. The SMILES string of the molecule is O=C1C(Cc2ccc(Br)cc2)n2c(S(=O)(=O)O)cnc2N1c1cc(Cl)cc(Cl)c1. The van der Waals surface area contributed by atoms with Crippen molar-refractivity contribution in [2.24, 2.45) is 0 Å². The molecule has 2 heterocycles. The van der Waals surface area contributed by atoms with Crippen LogP contribution in [-0.4, -0.2) is 28.4 Å². The van der Waals surface area contributed by atoms with Crippen molar-refractivity contribution in [1.82, 2.24) is 9.55 Å². The molecule has 11 heteroatoms. The first kappa shape index (κ1) is 20.4. The molecule has 150 valence electrons. The van der Waals surface area contributed by atoms with Crippen LogP contribution in [0.4, 0.5) is 11.6 Å². The quantitative estimate of drug-likeness (QED) is 0.509. The Morgan fingerprint density at radius 1 is 1.10 bits per heavy atom. The number of benzene rings is 2. The van der Waals surface area contributed by atoms with E-state index >= 15 is 0 Å². The molecule has 2 aromatic carbocycles. The van der Waals surface area contributed by atoms with Crippen LogP contribution in [0.3, 0.4) is 0 Å². The number of halogens is 3. The average Bonchev–Trinajstić information content (AvgIpc) is 3.15. The predicted molar refractivity (Wildman–Crippen MR) is 113 cm³/mol. The summed E-state index contributed by atoms with van der Waals surface area (Å²) in [6.07, 6.45) is 1.22. The Labute approximate surface area is 184 Å². The summed E-state index contributed by atoms with van der Waals surface area (Å²) < 4.78 is 35.5. The Morgan fingerprint density at radius 2 is 1.72 bits per heavy atom. The minimum Gasteiger partial charge on any atom is -0.286 e. The maximum absolute atomic E-state index is 13.3. The van der Waals surface area contributed by atoms with E-state index in [-0.39, 0.29) is 12.4 Å². The van der Waals surface area contributed by atoms with Gasteiger partial charge in [-0.25, -0.2) is 9.88 Å². The Bertz CT molecular complexity index is 1210. The van der Waals surface area contributed by atoms with Gasteiger partial charge in [-0.1, -0.05) is 51.3 Å². The van der Waals surface area contributed by atoms with Crippen molar-refractivity contribution < 1.29 is 17.8 Å². The molecule has 0 bridgehead atoms. The van der Waals surface area contributed by atoms with E-state index < -0.39 is 27.1 Å². The Morgan fingerprint density at radius 3 is 2.31 bits per heavy atom. The lowest BCUT2D eigenvalue weighted by Crippen LogP contribution is -2.27. The van der Waals surface area contributed by atoms with Crippen molar-refractivity contribution >= 4 is 66.8 Å². The molecule has 0 radical (unpaired) electrons. The number of hydrogen-bond donors (Lipinski definition) is 1. The first-order valence-electron chi connectivity index (χ1n) is 8.24. The van der Waals surface area contributed by atoms with Gasteiger partial charge in [-0.15, -0.1) is 0 Å². The van der Waals surface area contributed by atoms with Crippen molar-refractivity contribution in [3.63, 3.8) is 0 Å². The Balaban J connectivity index is 1.86. The van der Waals surface area contributed by atoms with Gasteiger partial charge in [0.15, 0.2) is 5.03 Å². The van der Waals surface area contributed by atoms with Gasteiger partial charge in [0.05, 0.1) is 11.9 Å². The highest BCUT2D eigenvalue weighted by molar-refractivity contribution is 9.10. The average molecular weight is 517 g/mol. The van der Waals surface area contributed by atoms with Crippen LogP contribution in [0, 0.1) is 0 Å². The van der Waals surface area contributed by atoms with E-state index in [1.807, 2.05) is 24.3 Å². The summed E-state index contributed by atoms with van der Waals surface area (Å²) in [5.41, 5.74) is 1.15. The molecule has 1 amide bonds. The summed E-state index contributed by atoms with van der Waals surface area (Å²) in [5, 5.41) is 0.160. The molecule has 1 aromatic heterocycles. The summed E-state index contributed by atoms with van der Waals surface area (Å²) in [6, 6.07) is 10.9. The molecule has 1 atom stereocenters. The molecule has 0 spiro atoms. The second kappa shape index (κ2) is 7.41. The number of imidazole rings is 1. The topological polar surface area (TPSA) is 92.5 Å². The van der Waals surface area contributed by atoms with Gasteiger partial charge in [-0.3, -0.25) is 13.9 Å². The van der Waals surface area contributed by atoms with E-state index in [2.05, 4.69) is 20.9 Å². The monoisotopic (exact) mass is 515 g/mol. The van der Waals surface area contributed by atoms with E-state index in [4.69, 9.17) is 23.2 Å². The van der Waals surface area contributed by atoms with Gasteiger partial charge in [-0.05, 0) is 35.9 Å². The fraction of sp³-hybridized carbons (Fsp3) is 0.111. The van der Waals surface area contributed by atoms with Gasteiger partial charge in [0.25, 0.3) is 5.91 Å². The largest absolute Gasteiger partial charge is 0.312 e. The minimum absolute atomic E-state index is 0.0584. The third-order valence-electron chi connectivity index (χ3n) is 4.47. The van der Waals surface area contributed by atoms with Crippen molar-refractivity contribution in [1.29, 1.82) is 0 Å². The van der Waals surface area contributed by atoms with Crippen molar-refractivity contribution in [3.8, 4) is 0 Å². The van der Waals surface area contributed by atoms with E-state index in [0.717, 1.165) is 16.2 Å². The number of fused-ring (bicyclic) bond motifs is 1. The first-order valence-corrected chi connectivity index (χ1v) is 11.2. The van der Waals surface area contributed by atoms with Crippen LogP contribution in [0.25, 0.3) is 0 Å². The third kappa shape index (κ3) is 3.80. The zero-order valence-corrected chi connectivity index (χ0v) is 18.4. The molecule has 0 aliphatic carbocycles. The fourth-order valence-electron chi connectivity index (χ4n) is 3.28. The molecule has 29 heavy (non-hydrogen) atoms. The number of carbonyl (C=O) groups is 1. The van der Waals surface area contributed by atoms with Gasteiger partial charge >= 0.3 is 10.1 Å². The lowest BCUT2D eigenvalue weighted by atomic mass is 10.1. The molecule has 7 nitrogen and oxygen atoms in total. The van der Waals surface area contributed by atoms with E-state index in [1.54, 1.807) is 0 Å². The van der Waals surface area contributed by atoms with E-state index in [1.165, 1.54) is 27.7 Å². The second-order valence-corrected chi connectivity index (χ2v) is 9.55.